The van der Waals surface area contributed by atoms with Crippen LogP contribution in [0.25, 0.3) is 10.9 Å². The maximum atomic E-state index is 13.7. The van der Waals surface area contributed by atoms with Crippen molar-refractivity contribution in [2.24, 2.45) is 0 Å². The summed E-state index contributed by atoms with van der Waals surface area (Å²) in [6.45, 7) is 3.59. The third-order valence-electron chi connectivity index (χ3n) is 3.47. The van der Waals surface area contributed by atoms with E-state index in [4.69, 9.17) is 0 Å². The number of hydrogen-bond donors (Lipinski definition) is 1. The number of aryl methyl sites for hydroxylation is 1. The topological polar surface area (TPSA) is 54.9 Å². The molecule has 1 heterocycles. The molecule has 24 heavy (non-hydrogen) atoms. The minimum atomic E-state index is -0.452. The molecule has 1 unspecified atom stereocenters. The molecule has 1 aromatic heterocycles. The lowest BCUT2D eigenvalue weighted by Crippen LogP contribution is -2.23. The van der Waals surface area contributed by atoms with Crippen LogP contribution in [-0.2, 0) is 4.79 Å². The van der Waals surface area contributed by atoms with E-state index in [1.165, 1.54) is 23.9 Å². The maximum Gasteiger partial charge on any atom is 0.237 e. The number of fused-ring (bicyclic) bond motifs is 1. The van der Waals surface area contributed by atoms with Crippen molar-refractivity contribution >= 4 is 34.3 Å². The molecular weight excluding hydrogens is 325 g/mol. The highest BCUT2D eigenvalue weighted by molar-refractivity contribution is 8.00. The number of carbonyl (C=O) groups is 1. The predicted octanol–water partition coefficient (Wildman–Crippen LogP) is 4.20. The van der Waals surface area contributed by atoms with E-state index in [9.17, 15) is 9.18 Å². The molecule has 3 aromatic rings. The van der Waals surface area contributed by atoms with Crippen LogP contribution in [0.15, 0.2) is 53.6 Å². The van der Waals surface area contributed by atoms with Gasteiger partial charge in [-0.25, -0.2) is 14.4 Å². The standard InChI is InChI=1S/C18H16FN3OS/c1-11(17(23)22-16-10-6-4-8-14(16)19)24-18-13-7-3-5-9-15(13)20-12(2)21-18/h3-11H,1-2H3,(H,22,23). The first-order valence-electron chi connectivity index (χ1n) is 7.50. The van der Waals surface area contributed by atoms with Crippen molar-refractivity contribution in [3.8, 4) is 0 Å². The zero-order valence-corrected chi connectivity index (χ0v) is 14.1. The first-order chi connectivity index (χ1) is 11.5. The molecule has 0 aliphatic rings. The number of aromatic nitrogens is 2. The van der Waals surface area contributed by atoms with Crippen molar-refractivity contribution in [3.63, 3.8) is 0 Å². The highest BCUT2D eigenvalue weighted by atomic mass is 32.2. The molecule has 0 saturated heterocycles. The van der Waals surface area contributed by atoms with Crippen LogP contribution in [0.4, 0.5) is 10.1 Å². The summed E-state index contributed by atoms with van der Waals surface area (Å²) in [4.78, 5) is 21.2. The van der Waals surface area contributed by atoms with Crippen LogP contribution in [0.2, 0.25) is 0 Å². The van der Waals surface area contributed by atoms with Gasteiger partial charge in [-0.05, 0) is 32.0 Å². The number of rotatable bonds is 4. The summed E-state index contributed by atoms with van der Waals surface area (Å²) in [5.41, 5.74) is 1.02. The molecule has 1 amide bonds. The smallest absolute Gasteiger partial charge is 0.237 e. The van der Waals surface area contributed by atoms with Gasteiger partial charge < -0.3 is 5.32 Å². The second-order valence-corrected chi connectivity index (χ2v) is 6.65. The van der Waals surface area contributed by atoms with Crippen molar-refractivity contribution < 1.29 is 9.18 Å². The molecule has 3 rings (SSSR count). The van der Waals surface area contributed by atoms with Crippen molar-refractivity contribution in [3.05, 3.63) is 60.2 Å². The Morgan fingerprint density at radius 1 is 1.12 bits per heavy atom. The normalized spacial score (nSPS) is 12.1. The van der Waals surface area contributed by atoms with Gasteiger partial charge in [0.2, 0.25) is 5.91 Å². The number of nitrogens with one attached hydrogen (secondary N) is 1. The van der Waals surface area contributed by atoms with E-state index in [-0.39, 0.29) is 11.6 Å². The minimum absolute atomic E-state index is 0.179. The molecule has 0 saturated carbocycles. The number of carbonyl (C=O) groups excluding carboxylic acids is 1. The van der Waals surface area contributed by atoms with Crippen LogP contribution < -0.4 is 5.32 Å². The fourth-order valence-corrected chi connectivity index (χ4v) is 3.25. The number of nitrogens with zero attached hydrogens (tertiary/aromatic N) is 2. The second kappa shape index (κ2) is 6.97. The summed E-state index contributed by atoms with van der Waals surface area (Å²) in [7, 11) is 0. The van der Waals surface area contributed by atoms with Gasteiger partial charge in [-0.15, -0.1) is 0 Å². The molecule has 2 aromatic carbocycles. The number of benzene rings is 2. The Labute approximate surface area is 143 Å². The molecule has 0 bridgehead atoms. The lowest BCUT2D eigenvalue weighted by Gasteiger charge is -2.13. The van der Waals surface area contributed by atoms with Crippen molar-refractivity contribution in [2.75, 3.05) is 5.32 Å². The predicted molar refractivity (Wildman–Crippen MR) is 94.6 cm³/mol. The van der Waals surface area contributed by atoms with Crippen LogP contribution >= 0.6 is 11.8 Å². The summed E-state index contributed by atoms with van der Waals surface area (Å²) in [6.07, 6.45) is 0. The van der Waals surface area contributed by atoms with E-state index in [1.807, 2.05) is 31.2 Å². The van der Waals surface area contributed by atoms with Crippen LogP contribution in [0.3, 0.4) is 0 Å². The third kappa shape index (κ3) is 3.54. The summed E-state index contributed by atoms with van der Waals surface area (Å²) in [5.74, 6) is -0.0743. The van der Waals surface area contributed by atoms with E-state index < -0.39 is 11.1 Å². The Morgan fingerprint density at radius 2 is 1.83 bits per heavy atom. The monoisotopic (exact) mass is 341 g/mol. The molecule has 6 heteroatoms. The molecule has 0 aliphatic carbocycles. The molecule has 0 aliphatic heterocycles. The molecule has 1 atom stereocenters. The number of anilines is 1. The van der Waals surface area contributed by atoms with Gasteiger partial charge >= 0.3 is 0 Å². The molecule has 4 nitrogen and oxygen atoms in total. The zero-order valence-electron chi connectivity index (χ0n) is 13.3. The van der Waals surface area contributed by atoms with Gasteiger partial charge in [-0.2, -0.15) is 0 Å². The van der Waals surface area contributed by atoms with Gasteiger partial charge in [0.05, 0.1) is 16.5 Å². The van der Waals surface area contributed by atoms with Crippen molar-refractivity contribution in [1.82, 2.24) is 9.97 Å². The highest BCUT2D eigenvalue weighted by Crippen LogP contribution is 2.29. The SMILES string of the molecule is Cc1nc(SC(C)C(=O)Nc2ccccc2F)c2ccccc2n1. The lowest BCUT2D eigenvalue weighted by atomic mass is 10.2. The maximum absolute atomic E-state index is 13.7. The average Bonchev–Trinajstić information content (AvgIpc) is 2.56. The summed E-state index contributed by atoms with van der Waals surface area (Å²) < 4.78 is 13.7. The van der Waals surface area contributed by atoms with Crippen molar-refractivity contribution in [1.29, 1.82) is 0 Å². The Bertz CT molecular complexity index is 900. The summed E-state index contributed by atoms with van der Waals surface area (Å²) >= 11 is 1.33. The van der Waals surface area contributed by atoms with Crippen molar-refractivity contribution in [2.45, 2.75) is 24.1 Å². The number of para-hydroxylation sites is 2. The highest BCUT2D eigenvalue weighted by Gasteiger charge is 2.18. The average molecular weight is 341 g/mol. The lowest BCUT2D eigenvalue weighted by molar-refractivity contribution is -0.115. The van der Waals surface area contributed by atoms with E-state index in [2.05, 4.69) is 15.3 Å². The Hall–Kier alpha value is -2.47. The van der Waals surface area contributed by atoms with Crippen LogP contribution in [-0.4, -0.2) is 21.1 Å². The molecular formula is C18H16FN3OS. The van der Waals surface area contributed by atoms with Gasteiger partial charge in [-0.3, -0.25) is 4.79 Å². The first kappa shape index (κ1) is 16.4. The fraction of sp³-hybridized carbons (Fsp3) is 0.167. The van der Waals surface area contributed by atoms with Gasteiger partial charge in [-0.1, -0.05) is 42.1 Å². The van der Waals surface area contributed by atoms with Gasteiger partial charge in [0.1, 0.15) is 16.7 Å². The minimum Gasteiger partial charge on any atom is -0.323 e. The molecule has 0 radical (unpaired) electrons. The van der Waals surface area contributed by atoms with Gasteiger partial charge in [0, 0.05) is 5.39 Å². The molecule has 1 N–H and O–H groups in total. The van der Waals surface area contributed by atoms with E-state index >= 15 is 0 Å². The number of hydrogen-bond acceptors (Lipinski definition) is 4. The van der Waals surface area contributed by atoms with Gasteiger partial charge in [0.25, 0.3) is 0 Å². The Kier molecular flexibility index (Phi) is 4.76. The quantitative estimate of drug-likeness (QED) is 0.571. The van der Waals surface area contributed by atoms with Gasteiger partial charge in [0.15, 0.2) is 0 Å². The van der Waals surface area contributed by atoms with E-state index in [0.29, 0.717) is 5.82 Å². The van der Waals surface area contributed by atoms with Crippen LogP contribution in [0, 0.1) is 12.7 Å². The number of halogens is 1. The summed E-state index contributed by atoms with van der Waals surface area (Å²) in [6, 6.07) is 13.8. The van der Waals surface area contributed by atoms with E-state index in [0.717, 1.165) is 15.9 Å². The van der Waals surface area contributed by atoms with Crippen LogP contribution in [0.1, 0.15) is 12.7 Å². The largest absolute Gasteiger partial charge is 0.323 e. The number of thioether (sulfide) groups is 1. The van der Waals surface area contributed by atoms with E-state index in [1.54, 1.807) is 19.1 Å². The molecule has 0 spiro atoms. The molecule has 122 valence electrons. The zero-order chi connectivity index (χ0) is 17.1. The fourth-order valence-electron chi connectivity index (χ4n) is 2.27. The third-order valence-corrected chi connectivity index (χ3v) is 4.57. The first-order valence-corrected chi connectivity index (χ1v) is 8.38. The Balaban J connectivity index is 1.81. The summed E-state index contributed by atoms with van der Waals surface area (Å²) in [5, 5.41) is 3.83. The van der Waals surface area contributed by atoms with Crippen LogP contribution in [0.5, 0.6) is 0 Å². The number of amides is 1. The Morgan fingerprint density at radius 3 is 2.62 bits per heavy atom. The molecule has 0 fully saturated rings. The second-order valence-electron chi connectivity index (χ2n) is 5.32.